The number of aromatic nitrogens is 2. The molecule has 1 fully saturated rings. The third-order valence-electron chi connectivity index (χ3n) is 5.95. The second-order valence-corrected chi connectivity index (χ2v) is 8.23. The molecule has 180 valence electrons. The Morgan fingerprint density at radius 3 is 2.44 bits per heavy atom. The largest absolute Gasteiger partial charge is 0.486 e. The van der Waals surface area contributed by atoms with Gasteiger partial charge in [-0.05, 0) is 50.2 Å². The molecule has 0 bridgehead atoms. The topological polar surface area (TPSA) is 90.0 Å². The molecule has 1 aromatic carbocycles. The van der Waals surface area contributed by atoms with Crippen molar-refractivity contribution in [2.24, 2.45) is 0 Å². The summed E-state index contributed by atoms with van der Waals surface area (Å²) in [4.78, 5) is 28.6. The standard InChI is InChI=1S/C25H30N4O5/c1-4-29-16-20(18(2)26-29)15-27-11-13-28(14-12-27)24(30)23-10-9-22(34-23)17-33-21-7-5-19(6-8-21)25(31)32-3/h5-10,16H,4,11-15,17H2,1-3H3. The fraction of sp³-hybridized carbons (Fsp3) is 0.400. The monoisotopic (exact) mass is 466 g/mol. The van der Waals surface area contributed by atoms with Crippen molar-refractivity contribution in [3.05, 3.63) is 70.9 Å². The first kappa shape index (κ1) is 23.6. The Morgan fingerprint density at radius 2 is 1.79 bits per heavy atom. The summed E-state index contributed by atoms with van der Waals surface area (Å²) < 4.78 is 18.1. The Bertz CT molecular complexity index is 1130. The lowest BCUT2D eigenvalue weighted by molar-refractivity contribution is 0.0590. The summed E-state index contributed by atoms with van der Waals surface area (Å²) >= 11 is 0. The van der Waals surface area contributed by atoms with Crippen LogP contribution in [0.25, 0.3) is 0 Å². The average Bonchev–Trinajstić information content (AvgIpc) is 3.49. The maximum atomic E-state index is 12.9. The highest BCUT2D eigenvalue weighted by Crippen LogP contribution is 2.18. The highest BCUT2D eigenvalue weighted by atomic mass is 16.5. The normalized spacial score (nSPS) is 14.3. The zero-order valence-electron chi connectivity index (χ0n) is 19.8. The Hall–Kier alpha value is -3.59. The summed E-state index contributed by atoms with van der Waals surface area (Å²) in [7, 11) is 1.34. The Labute approximate surface area is 198 Å². The number of hydrogen-bond acceptors (Lipinski definition) is 7. The highest BCUT2D eigenvalue weighted by molar-refractivity contribution is 5.91. The van der Waals surface area contributed by atoms with Gasteiger partial charge in [-0.3, -0.25) is 14.4 Å². The van der Waals surface area contributed by atoms with E-state index < -0.39 is 5.97 Å². The quantitative estimate of drug-likeness (QED) is 0.471. The molecule has 1 aliphatic rings. The number of methoxy groups -OCH3 is 1. The van der Waals surface area contributed by atoms with Crippen molar-refractivity contribution in [2.75, 3.05) is 33.3 Å². The minimum absolute atomic E-state index is 0.108. The number of ether oxygens (including phenoxy) is 2. The summed E-state index contributed by atoms with van der Waals surface area (Å²) in [5.41, 5.74) is 2.74. The number of piperazine rings is 1. The van der Waals surface area contributed by atoms with Gasteiger partial charge < -0.3 is 18.8 Å². The summed E-state index contributed by atoms with van der Waals surface area (Å²) in [5, 5.41) is 4.51. The maximum absolute atomic E-state index is 12.9. The molecular formula is C25H30N4O5. The first-order chi connectivity index (χ1) is 16.5. The molecule has 9 nitrogen and oxygen atoms in total. The number of nitrogens with zero attached hydrogens (tertiary/aromatic N) is 4. The zero-order valence-corrected chi connectivity index (χ0v) is 19.8. The molecule has 3 heterocycles. The molecule has 3 aromatic rings. The molecule has 1 aliphatic heterocycles. The van der Waals surface area contributed by atoms with E-state index in [4.69, 9.17) is 9.15 Å². The molecule has 4 rings (SSSR count). The van der Waals surface area contributed by atoms with Gasteiger partial charge in [0.1, 0.15) is 18.1 Å². The second-order valence-electron chi connectivity index (χ2n) is 8.23. The number of carbonyl (C=O) groups excluding carboxylic acids is 2. The van der Waals surface area contributed by atoms with E-state index in [2.05, 4.69) is 27.9 Å². The van der Waals surface area contributed by atoms with Gasteiger partial charge in [-0.15, -0.1) is 0 Å². The number of esters is 1. The van der Waals surface area contributed by atoms with Crippen LogP contribution in [0.3, 0.4) is 0 Å². The second kappa shape index (κ2) is 10.6. The Balaban J connectivity index is 1.26. The Kier molecular flexibility index (Phi) is 7.32. The van der Waals surface area contributed by atoms with E-state index in [-0.39, 0.29) is 12.5 Å². The van der Waals surface area contributed by atoms with Crippen LogP contribution in [-0.2, 0) is 24.4 Å². The summed E-state index contributed by atoms with van der Waals surface area (Å²) in [6.07, 6.45) is 2.10. The lowest BCUT2D eigenvalue weighted by atomic mass is 10.2. The van der Waals surface area contributed by atoms with E-state index in [1.54, 1.807) is 36.4 Å². The van der Waals surface area contributed by atoms with Gasteiger partial charge >= 0.3 is 5.97 Å². The van der Waals surface area contributed by atoms with Crippen LogP contribution >= 0.6 is 0 Å². The van der Waals surface area contributed by atoms with Crippen molar-refractivity contribution in [1.29, 1.82) is 0 Å². The number of carbonyl (C=O) groups is 2. The van der Waals surface area contributed by atoms with Crippen molar-refractivity contribution < 1.29 is 23.5 Å². The third-order valence-corrected chi connectivity index (χ3v) is 5.95. The minimum atomic E-state index is -0.399. The molecule has 0 N–H and O–H groups in total. The van der Waals surface area contributed by atoms with E-state index >= 15 is 0 Å². The van der Waals surface area contributed by atoms with Crippen molar-refractivity contribution in [1.82, 2.24) is 19.6 Å². The molecule has 0 unspecified atom stereocenters. The summed E-state index contributed by atoms with van der Waals surface area (Å²) in [5.74, 6) is 0.955. The van der Waals surface area contributed by atoms with Gasteiger partial charge in [0, 0.05) is 51.0 Å². The van der Waals surface area contributed by atoms with Crippen LogP contribution in [-0.4, -0.2) is 64.7 Å². The van der Waals surface area contributed by atoms with Crippen LogP contribution in [0.15, 0.2) is 47.0 Å². The molecule has 1 amide bonds. The van der Waals surface area contributed by atoms with Gasteiger partial charge in [0.15, 0.2) is 5.76 Å². The summed E-state index contributed by atoms with van der Waals surface area (Å²) in [6, 6.07) is 10.1. The smallest absolute Gasteiger partial charge is 0.337 e. The first-order valence-electron chi connectivity index (χ1n) is 11.4. The molecule has 2 aromatic heterocycles. The molecule has 0 saturated carbocycles. The van der Waals surface area contributed by atoms with E-state index in [0.29, 0.717) is 35.9 Å². The SMILES string of the molecule is CCn1cc(CN2CCN(C(=O)c3ccc(COc4ccc(C(=O)OC)cc4)o3)CC2)c(C)n1. The first-order valence-corrected chi connectivity index (χ1v) is 11.4. The van der Waals surface area contributed by atoms with Crippen molar-refractivity contribution in [3.8, 4) is 5.75 Å². The van der Waals surface area contributed by atoms with E-state index in [1.165, 1.54) is 12.7 Å². The van der Waals surface area contributed by atoms with Crippen molar-refractivity contribution in [2.45, 2.75) is 33.5 Å². The number of amides is 1. The van der Waals surface area contributed by atoms with Crippen LogP contribution in [0.1, 0.15) is 44.9 Å². The number of benzene rings is 1. The van der Waals surface area contributed by atoms with E-state index in [1.807, 2.05) is 16.5 Å². The maximum Gasteiger partial charge on any atom is 0.337 e. The number of hydrogen-bond donors (Lipinski definition) is 0. The number of aryl methyl sites for hydroxylation is 2. The number of furan rings is 1. The number of rotatable bonds is 8. The predicted molar refractivity (Wildman–Crippen MR) is 125 cm³/mol. The minimum Gasteiger partial charge on any atom is -0.486 e. The molecule has 1 saturated heterocycles. The average molecular weight is 467 g/mol. The molecule has 34 heavy (non-hydrogen) atoms. The molecule has 0 aliphatic carbocycles. The van der Waals surface area contributed by atoms with E-state index in [9.17, 15) is 9.59 Å². The molecule has 0 radical (unpaired) electrons. The van der Waals surface area contributed by atoms with Gasteiger partial charge in [-0.2, -0.15) is 5.10 Å². The molecule has 9 heteroatoms. The lowest BCUT2D eigenvalue weighted by Crippen LogP contribution is -2.48. The zero-order chi connectivity index (χ0) is 24.1. The van der Waals surface area contributed by atoms with Crippen molar-refractivity contribution >= 4 is 11.9 Å². The third kappa shape index (κ3) is 5.48. The van der Waals surface area contributed by atoms with Crippen LogP contribution in [0, 0.1) is 6.92 Å². The molecule has 0 spiro atoms. The van der Waals surface area contributed by atoms with Gasteiger partial charge in [0.2, 0.25) is 0 Å². The van der Waals surface area contributed by atoms with Crippen LogP contribution in [0.4, 0.5) is 0 Å². The Morgan fingerprint density at radius 1 is 1.06 bits per heavy atom. The van der Waals surface area contributed by atoms with Gasteiger partial charge in [0.25, 0.3) is 5.91 Å². The molecule has 0 atom stereocenters. The van der Waals surface area contributed by atoms with Gasteiger partial charge in [-0.1, -0.05) is 0 Å². The van der Waals surface area contributed by atoms with Crippen LogP contribution < -0.4 is 4.74 Å². The predicted octanol–water partition coefficient (Wildman–Crippen LogP) is 3.13. The van der Waals surface area contributed by atoms with Crippen LogP contribution in [0.2, 0.25) is 0 Å². The highest BCUT2D eigenvalue weighted by Gasteiger charge is 2.25. The van der Waals surface area contributed by atoms with E-state index in [0.717, 1.165) is 31.9 Å². The fourth-order valence-corrected chi connectivity index (χ4v) is 3.91. The lowest BCUT2D eigenvalue weighted by Gasteiger charge is -2.34. The fourth-order valence-electron chi connectivity index (χ4n) is 3.91. The summed E-state index contributed by atoms with van der Waals surface area (Å²) in [6.45, 7) is 8.92. The van der Waals surface area contributed by atoms with Crippen LogP contribution in [0.5, 0.6) is 5.75 Å². The molecular weight excluding hydrogens is 436 g/mol. The van der Waals surface area contributed by atoms with Crippen molar-refractivity contribution in [3.63, 3.8) is 0 Å². The van der Waals surface area contributed by atoms with Gasteiger partial charge in [0.05, 0.1) is 18.4 Å². The van der Waals surface area contributed by atoms with Gasteiger partial charge in [-0.25, -0.2) is 4.79 Å².